The van der Waals surface area contributed by atoms with Crippen molar-refractivity contribution >= 4 is 21.1 Å². The van der Waals surface area contributed by atoms with Crippen molar-refractivity contribution in [1.82, 2.24) is 8.96 Å². The van der Waals surface area contributed by atoms with Crippen LogP contribution in [0.4, 0.5) is 0 Å². The lowest BCUT2D eigenvalue weighted by Gasteiger charge is -2.06. The Morgan fingerprint density at radius 2 is 2.00 bits per heavy atom. The van der Waals surface area contributed by atoms with Gasteiger partial charge in [0, 0.05) is 5.39 Å². The normalized spacial score (nSPS) is 11.7. The molecule has 3 aromatic rings. The zero-order chi connectivity index (χ0) is 14.2. The summed E-state index contributed by atoms with van der Waals surface area (Å²) in [5.74, 6) is 0.570. The largest absolute Gasteiger partial charge is 0.495 e. The molecule has 0 aliphatic rings. The van der Waals surface area contributed by atoms with Gasteiger partial charge in [-0.3, -0.25) is 0 Å². The van der Waals surface area contributed by atoms with Crippen LogP contribution >= 0.6 is 0 Å². The van der Waals surface area contributed by atoms with Crippen LogP contribution in [0.3, 0.4) is 0 Å². The summed E-state index contributed by atoms with van der Waals surface area (Å²) in [6, 6.07) is 11.5. The predicted octanol–water partition coefficient (Wildman–Crippen LogP) is 2.08. The summed E-state index contributed by atoms with van der Waals surface area (Å²) in [6.45, 7) is 0. The highest BCUT2D eigenvalue weighted by molar-refractivity contribution is 7.90. The van der Waals surface area contributed by atoms with Crippen LogP contribution in [0.15, 0.2) is 53.6 Å². The van der Waals surface area contributed by atoms with Crippen molar-refractivity contribution in [3.05, 3.63) is 54.9 Å². The molecule has 2 heterocycles. The van der Waals surface area contributed by atoms with Crippen LogP contribution in [-0.2, 0) is 10.0 Å². The average molecular weight is 287 g/mol. The van der Waals surface area contributed by atoms with Gasteiger partial charge in [0.1, 0.15) is 5.75 Å². The van der Waals surface area contributed by atoms with Crippen molar-refractivity contribution in [2.45, 2.75) is 4.90 Å². The van der Waals surface area contributed by atoms with E-state index in [1.165, 1.54) is 13.3 Å². The second-order valence-corrected chi connectivity index (χ2v) is 5.93. The van der Waals surface area contributed by atoms with Crippen LogP contribution in [0.2, 0.25) is 0 Å². The smallest absolute Gasteiger partial charge is 0.269 e. The Balaban J connectivity index is 2.20. The first kappa shape index (κ1) is 12.7. The van der Waals surface area contributed by atoms with Gasteiger partial charge in [0.25, 0.3) is 10.0 Å². The molecular formula is C14H11N2O3S. The number of methoxy groups -OCH3 is 1. The van der Waals surface area contributed by atoms with E-state index in [1.807, 2.05) is 0 Å². The summed E-state index contributed by atoms with van der Waals surface area (Å²) in [6.07, 6.45) is 4.19. The summed E-state index contributed by atoms with van der Waals surface area (Å²) >= 11 is 0. The maximum atomic E-state index is 12.5. The molecule has 101 valence electrons. The molecule has 0 saturated carbocycles. The molecule has 0 amide bonds. The fourth-order valence-corrected chi connectivity index (χ4v) is 3.20. The number of benzene rings is 1. The number of fused-ring (bicyclic) bond motifs is 1. The van der Waals surface area contributed by atoms with Crippen LogP contribution in [0.25, 0.3) is 11.0 Å². The Morgan fingerprint density at radius 3 is 2.70 bits per heavy atom. The van der Waals surface area contributed by atoms with Gasteiger partial charge < -0.3 is 4.74 Å². The second kappa shape index (κ2) is 4.64. The summed E-state index contributed by atoms with van der Waals surface area (Å²) in [5.41, 5.74) is 0.328. The maximum Gasteiger partial charge on any atom is 0.269 e. The zero-order valence-electron chi connectivity index (χ0n) is 10.6. The summed E-state index contributed by atoms with van der Waals surface area (Å²) in [5, 5.41) is 0.656. The zero-order valence-corrected chi connectivity index (χ0v) is 11.5. The number of nitrogens with zero attached hydrogens (tertiary/aromatic N) is 2. The monoisotopic (exact) mass is 287 g/mol. The van der Waals surface area contributed by atoms with Crippen molar-refractivity contribution in [3.8, 4) is 5.75 Å². The minimum atomic E-state index is -3.68. The lowest BCUT2D eigenvalue weighted by Crippen LogP contribution is -2.12. The van der Waals surface area contributed by atoms with Gasteiger partial charge in [-0.1, -0.05) is 18.2 Å². The quantitative estimate of drug-likeness (QED) is 0.740. The summed E-state index contributed by atoms with van der Waals surface area (Å²) in [7, 11) is -2.15. The SMILES string of the molecule is COc1cnc2c(c[c]n2S(=O)(=O)c2ccccc2)c1. The van der Waals surface area contributed by atoms with Gasteiger partial charge in [0.05, 0.1) is 24.4 Å². The molecular weight excluding hydrogens is 276 g/mol. The molecule has 6 heteroatoms. The minimum absolute atomic E-state index is 0.200. The molecule has 0 spiro atoms. The van der Waals surface area contributed by atoms with Crippen molar-refractivity contribution < 1.29 is 13.2 Å². The molecule has 0 N–H and O–H groups in total. The molecule has 0 aliphatic carbocycles. The van der Waals surface area contributed by atoms with E-state index in [0.717, 1.165) is 3.97 Å². The molecule has 0 aliphatic heterocycles. The van der Waals surface area contributed by atoms with Gasteiger partial charge in [-0.2, -0.15) is 0 Å². The standard InChI is InChI=1S/C14H11N2O3S/c1-19-12-9-11-7-8-16(14(11)15-10-12)20(17,18)13-5-3-2-4-6-13/h2-7,9-10H,1H3. The number of rotatable bonds is 3. The van der Waals surface area contributed by atoms with Crippen LogP contribution in [0.5, 0.6) is 5.75 Å². The molecule has 5 nitrogen and oxygen atoms in total. The van der Waals surface area contributed by atoms with Gasteiger partial charge >= 0.3 is 0 Å². The van der Waals surface area contributed by atoms with E-state index in [9.17, 15) is 8.42 Å². The van der Waals surface area contributed by atoms with E-state index in [2.05, 4.69) is 11.2 Å². The highest BCUT2D eigenvalue weighted by Crippen LogP contribution is 2.22. The molecule has 0 fully saturated rings. The van der Waals surface area contributed by atoms with E-state index in [4.69, 9.17) is 4.74 Å². The Bertz CT molecular complexity index is 855. The van der Waals surface area contributed by atoms with E-state index in [1.54, 1.807) is 42.5 Å². The van der Waals surface area contributed by atoms with E-state index < -0.39 is 10.0 Å². The molecule has 0 saturated heterocycles. The number of hydrogen-bond donors (Lipinski definition) is 0. The Morgan fingerprint density at radius 1 is 1.25 bits per heavy atom. The van der Waals surface area contributed by atoms with Crippen molar-refractivity contribution in [2.24, 2.45) is 0 Å². The Labute approximate surface area is 116 Å². The van der Waals surface area contributed by atoms with E-state index in [0.29, 0.717) is 16.8 Å². The first-order valence-electron chi connectivity index (χ1n) is 5.87. The van der Waals surface area contributed by atoms with Crippen LogP contribution in [-0.4, -0.2) is 24.5 Å². The topological polar surface area (TPSA) is 61.2 Å². The molecule has 20 heavy (non-hydrogen) atoms. The maximum absolute atomic E-state index is 12.5. The lowest BCUT2D eigenvalue weighted by molar-refractivity contribution is 0.413. The minimum Gasteiger partial charge on any atom is -0.495 e. The Hall–Kier alpha value is -2.34. The third-order valence-electron chi connectivity index (χ3n) is 2.92. The van der Waals surface area contributed by atoms with E-state index >= 15 is 0 Å². The number of hydrogen-bond acceptors (Lipinski definition) is 4. The van der Waals surface area contributed by atoms with Crippen LogP contribution < -0.4 is 4.74 Å². The number of ether oxygens (including phenoxy) is 1. The highest BCUT2D eigenvalue weighted by Gasteiger charge is 2.19. The number of aromatic nitrogens is 2. The molecule has 1 aromatic carbocycles. The number of pyridine rings is 1. The fourth-order valence-electron chi connectivity index (χ4n) is 1.91. The first-order valence-corrected chi connectivity index (χ1v) is 7.31. The van der Waals surface area contributed by atoms with Crippen molar-refractivity contribution in [2.75, 3.05) is 7.11 Å². The van der Waals surface area contributed by atoms with Gasteiger partial charge in [-0.25, -0.2) is 17.4 Å². The van der Waals surface area contributed by atoms with Crippen molar-refractivity contribution in [1.29, 1.82) is 0 Å². The molecule has 0 atom stereocenters. The third kappa shape index (κ3) is 1.94. The van der Waals surface area contributed by atoms with Gasteiger partial charge in [-0.05, 0) is 24.3 Å². The molecule has 3 rings (SSSR count). The average Bonchev–Trinajstić information content (AvgIpc) is 2.91. The van der Waals surface area contributed by atoms with Crippen molar-refractivity contribution in [3.63, 3.8) is 0 Å². The molecule has 2 aromatic heterocycles. The van der Waals surface area contributed by atoms with E-state index in [-0.39, 0.29) is 4.90 Å². The lowest BCUT2D eigenvalue weighted by atomic mass is 10.3. The summed E-state index contributed by atoms with van der Waals surface area (Å²) < 4.78 is 31.2. The van der Waals surface area contributed by atoms with Gasteiger partial charge in [-0.15, -0.1) is 0 Å². The molecule has 0 bridgehead atoms. The van der Waals surface area contributed by atoms with Crippen LogP contribution in [0.1, 0.15) is 0 Å². The first-order chi connectivity index (χ1) is 9.63. The molecule has 1 radical (unpaired) electrons. The second-order valence-electron chi connectivity index (χ2n) is 4.14. The fraction of sp³-hybridized carbons (Fsp3) is 0.0714. The Kier molecular flexibility index (Phi) is 2.94. The predicted molar refractivity (Wildman–Crippen MR) is 74.1 cm³/mol. The third-order valence-corrected chi connectivity index (χ3v) is 4.54. The highest BCUT2D eigenvalue weighted by atomic mass is 32.2. The van der Waals surface area contributed by atoms with Gasteiger partial charge in [0.15, 0.2) is 5.65 Å². The summed E-state index contributed by atoms with van der Waals surface area (Å²) in [4.78, 5) is 4.33. The molecule has 0 unspecified atom stereocenters. The van der Waals surface area contributed by atoms with Crippen LogP contribution in [0, 0.1) is 6.20 Å². The van der Waals surface area contributed by atoms with Gasteiger partial charge in [0.2, 0.25) is 0 Å².